The van der Waals surface area contributed by atoms with Gasteiger partial charge in [-0.25, -0.2) is 0 Å². The third kappa shape index (κ3) is 3.43. The van der Waals surface area contributed by atoms with Crippen molar-refractivity contribution < 1.29 is 19.8 Å². The second kappa shape index (κ2) is 6.59. The van der Waals surface area contributed by atoms with Gasteiger partial charge in [0.1, 0.15) is 0 Å². The van der Waals surface area contributed by atoms with Gasteiger partial charge < -0.3 is 15.1 Å². The zero-order valence-corrected chi connectivity index (χ0v) is 10.3. The number of aliphatic hydroxyl groups excluding tert-OH is 1. The third-order valence-electron chi connectivity index (χ3n) is 3.43. The Morgan fingerprint density at radius 1 is 1.29 bits per heavy atom. The van der Waals surface area contributed by atoms with Gasteiger partial charge in [0.2, 0.25) is 5.91 Å². The summed E-state index contributed by atoms with van der Waals surface area (Å²) in [6.07, 6.45) is 2.63. The van der Waals surface area contributed by atoms with Crippen LogP contribution < -0.4 is 0 Å². The molecule has 5 heteroatoms. The molecule has 0 aromatic heterocycles. The van der Waals surface area contributed by atoms with E-state index in [1.54, 1.807) is 4.90 Å². The third-order valence-corrected chi connectivity index (χ3v) is 3.43. The number of carbonyl (C=O) groups excluding carboxylic acids is 1. The lowest BCUT2D eigenvalue weighted by atomic mass is 9.94. The second-order valence-corrected chi connectivity index (χ2v) is 4.48. The highest BCUT2D eigenvalue weighted by Gasteiger charge is 2.39. The maximum absolute atomic E-state index is 12.2. The number of hydrogen-bond donors (Lipinski definition) is 2. The second-order valence-electron chi connectivity index (χ2n) is 4.48. The van der Waals surface area contributed by atoms with E-state index in [1.165, 1.54) is 0 Å². The van der Waals surface area contributed by atoms with Gasteiger partial charge in [-0.15, -0.1) is 0 Å². The van der Waals surface area contributed by atoms with E-state index in [4.69, 9.17) is 10.2 Å². The minimum absolute atomic E-state index is 0.0524. The molecule has 0 saturated heterocycles. The van der Waals surface area contributed by atoms with E-state index < -0.39 is 11.9 Å². The molecule has 0 aliphatic heterocycles. The Morgan fingerprint density at radius 2 is 1.94 bits per heavy atom. The molecule has 5 nitrogen and oxygen atoms in total. The van der Waals surface area contributed by atoms with Crippen LogP contribution in [0.3, 0.4) is 0 Å². The monoisotopic (exact) mass is 243 g/mol. The van der Waals surface area contributed by atoms with Gasteiger partial charge in [0.15, 0.2) is 0 Å². The van der Waals surface area contributed by atoms with E-state index in [1.807, 2.05) is 6.92 Å². The molecule has 0 radical (unpaired) electrons. The van der Waals surface area contributed by atoms with Crippen LogP contribution in [0.5, 0.6) is 0 Å². The van der Waals surface area contributed by atoms with Gasteiger partial charge in [-0.05, 0) is 26.2 Å². The summed E-state index contributed by atoms with van der Waals surface area (Å²) in [6, 6.07) is 0. The molecule has 1 fully saturated rings. The van der Waals surface area contributed by atoms with E-state index in [0.29, 0.717) is 32.4 Å². The Hall–Kier alpha value is -1.10. The Balaban J connectivity index is 2.63. The molecule has 1 aliphatic rings. The van der Waals surface area contributed by atoms with Gasteiger partial charge in [0, 0.05) is 19.7 Å². The van der Waals surface area contributed by atoms with Crippen molar-refractivity contribution in [2.45, 2.75) is 32.6 Å². The summed E-state index contributed by atoms with van der Waals surface area (Å²) < 4.78 is 0. The van der Waals surface area contributed by atoms with Crippen LogP contribution in [0.1, 0.15) is 32.6 Å². The summed E-state index contributed by atoms with van der Waals surface area (Å²) >= 11 is 0. The molecule has 1 saturated carbocycles. The van der Waals surface area contributed by atoms with Crippen molar-refractivity contribution >= 4 is 11.9 Å². The molecule has 17 heavy (non-hydrogen) atoms. The average molecular weight is 243 g/mol. The molecule has 98 valence electrons. The average Bonchev–Trinajstić information content (AvgIpc) is 2.78. The van der Waals surface area contributed by atoms with E-state index in [2.05, 4.69) is 0 Å². The van der Waals surface area contributed by atoms with Gasteiger partial charge >= 0.3 is 5.97 Å². The lowest BCUT2D eigenvalue weighted by molar-refractivity contribution is -0.149. The van der Waals surface area contributed by atoms with Gasteiger partial charge in [-0.2, -0.15) is 0 Å². The lowest BCUT2D eigenvalue weighted by Crippen LogP contribution is -2.39. The van der Waals surface area contributed by atoms with Crippen molar-refractivity contribution in [3.63, 3.8) is 0 Å². The topological polar surface area (TPSA) is 77.8 Å². The summed E-state index contributed by atoms with van der Waals surface area (Å²) in [5.41, 5.74) is 0. The molecule has 2 atom stereocenters. The first-order valence-corrected chi connectivity index (χ1v) is 6.24. The van der Waals surface area contributed by atoms with Crippen molar-refractivity contribution in [2.75, 3.05) is 19.7 Å². The quantitative estimate of drug-likeness (QED) is 0.720. The Kier molecular flexibility index (Phi) is 5.41. The molecule has 1 rings (SSSR count). The summed E-state index contributed by atoms with van der Waals surface area (Å²) in [6.45, 7) is 3.01. The first-order chi connectivity index (χ1) is 8.11. The highest BCUT2D eigenvalue weighted by molar-refractivity contribution is 5.85. The van der Waals surface area contributed by atoms with Crippen LogP contribution >= 0.6 is 0 Å². The Bertz CT molecular complexity index is 280. The van der Waals surface area contributed by atoms with E-state index in [-0.39, 0.29) is 18.4 Å². The SMILES string of the molecule is CCN(CCCO)C(=O)[C@@H]1CCC[C@@H]1C(=O)O. The molecular weight excluding hydrogens is 222 g/mol. The molecular formula is C12H21NO4. The number of nitrogens with zero attached hydrogens (tertiary/aromatic N) is 1. The number of amides is 1. The largest absolute Gasteiger partial charge is 0.481 e. The number of aliphatic hydroxyl groups is 1. The molecule has 0 spiro atoms. The minimum Gasteiger partial charge on any atom is -0.481 e. The summed E-state index contributed by atoms with van der Waals surface area (Å²) in [7, 11) is 0. The minimum atomic E-state index is -0.862. The van der Waals surface area contributed by atoms with Crippen LogP contribution in [0.15, 0.2) is 0 Å². The zero-order chi connectivity index (χ0) is 12.8. The summed E-state index contributed by atoms with van der Waals surface area (Å²) in [5, 5.41) is 17.8. The zero-order valence-electron chi connectivity index (χ0n) is 10.3. The van der Waals surface area contributed by atoms with Gasteiger partial charge in [-0.3, -0.25) is 9.59 Å². The van der Waals surface area contributed by atoms with Crippen LogP contribution in [0.4, 0.5) is 0 Å². The predicted molar refractivity (Wildman–Crippen MR) is 62.4 cm³/mol. The summed E-state index contributed by atoms with van der Waals surface area (Å²) in [5.74, 6) is -1.82. The smallest absolute Gasteiger partial charge is 0.307 e. The molecule has 2 N–H and O–H groups in total. The molecule has 0 aromatic rings. The number of aliphatic carboxylic acids is 1. The Morgan fingerprint density at radius 3 is 2.47 bits per heavy atom. The Labute approximate surface area is 101 Å². The van der Waals surface area contributed by atoms with Crippen LogP contribution in [-0.4, -0.2) is 46.7 Å². The fraction of sp³-hybridized carbons (Fsp3) is 0.833. The van der Waals surface area contributed by atoms with Gasteiger partial charge in [-0.1, -0.05) is 6.42 Å². The van der Waals surface area contributed by atoms with Crippen molar-refractivity contribution in [2.24, 2.45) is 11.8 Å². The molecule has 1 aliphatic carbocycles. The molecule has 0 unspecified atom stereocenters. The predicted octanol–water partition coefficient (Wildman–Crippen LogP) is 0.718. The fourth-order valence-electron chi connectivity index (χ4n) is 2.47. The van der Waals surface area contributed by atoms with Crippen LogP contribution in [0.2, 0.25) is 0 Å². The first-order valence-electron chi connectivity index (χ1n) is 6.24. The standard InChI is InChI=1S/C12H21NO4/c1-2-13(7-4-8-14)11(15)9-5-3-6-10(9)12(16)17/h9-10,14H,2-8H2,1H3,(H,16,17)/t9-,10+/m1/s1. The van der Waals surface area contributed by atoms with E-state index >= 15 is 0 Å². The number of carboxylic acid groups (broad SMARTS) is 1. The highest BCUT2D eigenvalue weighted by atomic mass is 16.4. The first kappa shape index (κ1) is 14.0. The van der Waals surface area contributed by atoms with Gasteiger partial charge in [0.05, 0.1) is 11.8 Å². The lowest BCUT2D eigenvalue weighted by Gasteiger charge is -2.25. The normalized spacial score (nSPS) is 23.6. The van der Waals surface area contributed by atoms with Crippen molar-refractivity contribution in [3.8, 4) is 0 Å². The van der Waals surface area contributed by atoms with E-state index in [9.17, 15) is 9.59 Å². The number of carbonyl (C=O) groups is 2. The summed E-state index contributed by atoms with van der Waals surface area (Å²) in [4.78, 5) is 24.9. The fourth-order valence-corrected chi connectivity index (χ4v) is 2.47. The molecule has 0 aromatic carbocycles. The number of rotatable bonds is 6. The highest BCUT2D eigenvalue weighted by Crippen LogP contribution is 2.33. The maximum atomic E-state index is 12.2. The van der Waals surface area contributed by atoms with Crippen LogP contribution in [0, 0.1) is 11.8 Å². The molecule has 1 amide bonds. The molecule has 0 heterocycles. The van der Waals surface area contributed by atoms with Crippen LogP contribution in [-0.2, 0) is 9.59 Å². The van der Waals surface area contributed by atoms with E-state index in [0.717, 1.165) is 6.42 Å². The van der Waals surface area contributed by atoms with Gasteiger partial charge in [0.25, 0.3) is 0 Å². The van der Waals surface area contributed by atoms with Crippen molar-refractivity contribution in [3.05, 3.63) is 0 Å². The molecule has 0 bridgehead atoms. The van der Waals surface area contributed by atoms with Crippen molar-refractivity contribution in [1.82, 2.24) is 4.90 Å². The maximum Gasteiger partial charge on any atom is 0.307 e. The van der Waals surface area contributed by atoms with Crippen molar-refractivity contribution in [1.29, 1.82) is 0 Å². The van der Waals surface area contributed by atoms with Crippen LogP contribution in [0.25, 0.3) is 0 Å². The number of hydrogen-bond acceptors (Lipinski definition) is 3. The number of carboxylic acids is 1.